The van der Waals surface area contributed by atoms with Crippen LogP contribution in [0.15, 0.2) is 35.6 Å². The first kappa shape index (κ1) is 26.1. The largest absolute Gasteiger partial charge is 0.337 e. The Hall–Kier alpha value is -2.15. The molecule has 32 heavy (non-hydrogen) atoms. The Morgan fingerprint density at radius 3 is 2.25 bits per heavy atom. The molecule has 0 saturated heterocycles. The number of hydrogen-bond acceptors (Lipinski definition) is 4. The predicted molar refractivity (Wildman–Crippen MR) is 129 cm³/mol. The number of benzene rings is 1. The molecule has 1 heterocycles. The molecule has 0 aliphatic heterocycles. The zero-order valence-corrected chi connectivity index (χ0v) is 21.4. The minimum Gasteiger partial charge on any atom is -0.337 e. The Kier molecular flexibility index (Phi) is 9.08. The fourth-order valence-electron chi connectivity index (χ4n) is 3.74. The van der Waals surface area contributed by atoms with E-state index in [2.05, 4.69) is 32.7 Å². The average Bonchev–Trinajstić information content (AvgIpc) is 3.04. The Morgan fingerprint density at radius 2 is 1.69 bits per heavy atom. The van der Waals surface area contributed by atoms with Crippen molar-refractivity contribution in [2.24, 2.45) is 17.8 Å². The second-order valence-electron chi connectivity index (χ2n) is 9.99. The number of amides is 1. The van der Waals surface area contributed by atoms with Crippen molar-refractivity contribution < 1.29 is 13.2 Å². The third-order valence-electron chi connectivity index (χ3n) is 5.21. The van der Waals surface area contributed by atoms with Gasteiger partial charge in [0.2, 0.25) is 20.9 Å². The lowest BCUT2D eigenvalue weighted by Gasteiger charge is -2.26. The van der Waals surface area contributed by atoms with Crippen LogP contribution in [-0.4, -0.2) is 35.3 Å². The van der Waals surface area contributed by atoms with E-state index < -0.39 is 9.84 Å². The second-order valence-corrected chi connectivity index (χ2v) is 11.9. The van der Waals surface area contributed by atoms with Crippen LogP contribution in [-0.2, 0) is 33.5 Å². The zero-order chi connectivity index (χ0) is 24.1. The molecule has 1 amide bonds. The van der Waals surface area contributed by atoms with Crippen LogP contribution in [0.25, 0.3) is 0 Å². The fraction of sp³-hybridized carbons (Fsp3) is 0.600. The van der Waals surface area contributed by atoms with E-state index in [-0.39, 0.29) is 28.7 Å². The highest BCUT2D eigenvalue weighted by atomic mass is 32.2. The summed E-state index contributed by atoms with van der Waals surface area (Å²) in [5.74, 6) is 0.825. The third kappa shape index (κ3) is 7.19. The highest BCUT2D eigenvalue weighted by Crippen LogP contribution is 2.22. The SMILES string of the molecule is Cc1ccccc1CS(=O)(=O)c1ncc(CN(CC(C)C)C(=O)CC(C)C)n1CC(C)C. The van der Waals surface area contributed by atoms with Crippen LogP contribution >= 0.6 is 0 Å². The number of imidazole rings is 1. The molecule has 0 radical (unpaired) electrons. The van der Waals surface area contributed by atoms with Gasteiger partial charge in [-0.3, -0.25) is 4.79 Å². The number of nitrogens with zero attached hydrogens (tertiary/aromatic N) is 3. The first-order valence-electron chi connectivity index (χ1n) is 11.5. The number of sulfone groups is 1. The molecule has 6 nitrogen and oxygen atoms in total. The summed E-state index contributed by atoms with van der Waals surface area (Å²) >= 11 is 0. The lowest BCUT2D eigenvalue weighted by molar-refractivity contribution is -0.133. The zero-order valence-electron chi connectivity index (χ0n) is 20.6. The molecule has 0 saturated carbocycles. The molecule has 7 heteroatoms. The molecule has 0 aliphatic rings. The van der Waals surface area contributed by atoms with Crippen molar-refractivity contribution in [3.8, 4) is 0 Å². The number of aromatic nitrogens is 2. The van der Waals surface area contributed by atoms with Crippen LogP contribution in [0.4, 0.5) is 0 Å². The first-order valence-corrected chi connectivity index (χ1v) is 13.1. The molecule has 1 aromatic carbocycles. The van der Waals surface area contributed by atoms with E-state index in [0.717, 1.165) is 16.8 Å². The van der Waals surface area contributed by atoms with Gasteiger partial charge in [-0.15, -0.1) is 0 Å². The van der Waals surface area contributed by atoms with E-state index in [1.807, 2.05) is 49.9 Å². The van der Waals surface area contributed by atoms with Crippen molar-refractivity contribution in [3.63, 3.8) is 0 Å². The van der Waals surface area contributed by atoms with Gasteiger partial charge in [-0.1, -0.05) is 65.8 Å². The van der Waals surface area contributed by atoms with Crippen LogP contribution in [0.3, 0.4) is 0 Å². The van der Waals surface area contributed by atoms with Gasteiger partial charge in [-0.05, 0) is 35.8 Å². The van der Waals surface area contributed by atoms with Crippen molar-refractivity contribution in [1.29, 1.82) is 0 Å². The van der Waals surface area contributed by atoms with Crippen LogP contribution in [0.2, 0.25) is 0 Å². The summed E-state index contributed by atoms with van der Waals surface area (Å²) in [6.07, 6.45) is 2.10. The van der Waals surface area contributed by atoms with Gasteiger partial charge in [0.05, 0.1) is 24.2 Å². The summed E-state index contributed by atoms with van der Waals surface area (Å²) in [5, 5.41) is 0.0882. The molecular formula is C25H39N3O3S. The maximum atomic E-state index is 13.3. The van der Waals surface area contributed by atoms with Gasteiger partial charge in [0.25, 0.3) is 0 Å². The average molecular weight is 462 g/mol. The smallest absolute Gasteiger partial charge is 0.228 e. The van der Waals surface area contributed by atoms with Gasteiger partial charge >= 0.3 is 0 Å². The van der Waals surface area contributed by atoms with E-state index in [9.17, 15) is 13.2 Å². The minimum absolute atomic E-state index is 0.0871. The number of carbonyl (C=O) groups is 1. The molecule has 2 aromatic rings. The normalized spacial score (nSPS) is 12.2. The molecular weight excluding hydrogens is 422 g/mol. The van der Waals surface area contributed by atoms with Crippen molar-refractivity contribution >= 4 is 15.7 Å². The summed E-state index contributed by atoms with van der Waals surface area (Å²) in [4.78, 5) is 19.1. The number of rotatable bonds is 11. The summed E-state index contributed by atoms with van der Waals surface area (Å²) in [6.45, 7) is 15.8. The highest BCUT2D eigenvalue weighted by Gasteiger charge is 2.26. The lowest BCUT2D eigenvalue weighted by atomic mass is 10.1. The van der Waals surface area contributed by atoms with E-state index in [1.165, 1.54) is 0 Å². The highest BCUT2D eigenvalue weighted by molar-refractivity contribution is 7.90. The van der Waals surface area contributed by atoms with Gasteiger partial charge in [-0.25, -0.2) is 13.4 Å². The van der Waals surface area contributed by atoms with E-state index >= 15 is 0 Å². The second kappa shape index (κ2) is 11.1. The minimum atomic E-state index is -3.64. The van der Waals surface area contributed by atoms with Crippen LogP contribution in [0, 0.1) is 24.7 Å². The third-order valence-corrected chi connectivity index (χ3v) is 6.78. The Morgan fingerprint density at radius 1 is 1.03 bits per heavy atom. The first-order chi connectivity index (χ1) is 14.9. The molecule has 0 atom stereocenters. The molecule has 0 spiro atoms. The van der Waals surface area contributed by atoms with Crippen LogP contribution in [0.5, 0.6) is 0 Å². The predicted octanol–water partition coefficient (Wildman–Crippen LogP) is 4.85. The monoisotopic (exact) mass is 461 g/mol. The number of aryl methyl sites for hydroxylation is 1. The molecule has 178 valence electrons. The van der Waals surface area contributed by atoms with E-state index in [1.54, 1.807) is 10.8 Å². The Labute approximate surface area is 194 Å². The maximum Gasteiger partial charge on any atom is 0.228 e. The van der Waals surface area contributed by atoms with E-state index in [0.29, 0.717) is 32.0 Å². The summed E-state index contributed by atoms with van der Waals surface area (Å²) in [6, 6.07) is 7.52. The quantitative estimate of drug-likeness (QED) is 0.479. The van der Waals surface area contributed by atoms with Gasteiger partial charge in [0, 0.05) is 19.5 Å². The molecule has 0 aliphatic carbocycles. The van der Waals surface area contributed by atoms with Crippen LogP contribution in [0.1, 0.15) is 64.8 Å². The Balaban J connectivity index is 2.42. The summed E-state index contributed by atoms with van der Waals surface area (Å²) in [5.41, 5.74) is 2.49. The molecule has 1 aromatic heterocycles. The van der Waals surface area contributed by atoms with Crippen LogP contribution < -0.4 is 0 Å². The molecule has 0 N–H and O–H groups in total. The summed E-state index contributed by atoms with van der Waals surface area (Å²) < 4.78 is 28.5. The molecule has 2 rings (SSSR count). The van der Waals surface area contributed by atoms with Crippen molar-refractivity contribution in [1.82, 2.24) is 14.5 Å². The fourth-order valence-corrected chi connectivity index (χ4v) is 5.34. The van der Waals surface area contributed by atoms with Crippen molar-refractivity contribution in [2.45, 2.75) is 78.9 Å². The summed E-state index contributed by atoms with van der Waals surface area (Å²) in [7, 11) is -3.64. The Bertz CT molecular complexity index is 1010. The van der Waals surface area contributed by atoms with Crippen molar-refractivity contribution in [2.75, 3.05) is 6.54 Å². The van der Waals surface area contributed by atoms with Gasteiger partial charge in [0.1, 0.15) is 0 Å². The van der Waals surface area contributed by atoms with Crippen molar-refractivity contribution in [3.05, 3.63) is 47.3 Å². The molecule has 0 unspecified atom stereocenters. The number of carbonyl (C=O) groups excluding carboxylic acids is 1. The van der Waals surface area contributed by atoms with Gasteiger partial charge in [0.15, 0.2) is 0 Å². The standard InChI is InChI=1S/C25H39N3O3S/c1-18(2)12-24(29)27(14-19(3)4)16-23-13-26-25(28(23)15-20(5)6)32(30,31)17-22-11-9-8-10-21(22)7/h8-11,13,18-20H,12,14-17H2,1-7H3. The number of hydrogen-bond donors (Lipinski definition) is 0. The maximum absolute atomic E-state index is 13.3. The van der Waals surface area contributed by atoms with Gasteiger partial charge in [-0.2, -0.15) is 0 Å². The lowest BCUT2D eigenvalue weighted by Crippen LogP contribution is -2.35. The van der Waals surface area contributed by atoms with Gasteiger partial charge < -0.3 is 9.47 Å². The topological polar surface area (TPSA) is 72.3 Å². The molecule has 0 fully saturated rings. The molecule has 0 bridgehead atoms. The van der Waals surface area contributed by atoms with E-state index in [4.69, 9.17) is 0 Å².